The first-order chi connectivity index (χ1) is 6.44. The maximum Gasteiger partial charge on any atom is 0.202 e. The molecule has 0 amide bonds. The smallest absolute Gasteiger partial charge is 0.202 e. The van der Waals surface area contributed by atoms with Crippen LogP contribution in [0.3, 0.4) is 0 Å². The van der Waals surface area contributed by atoms with Crippen molar-refractivity contribution in [2.24, 2.45) is 5.41 Å². The van der Waals surface area contributed by atoms with Gasteiger partial charge in [-0.2, -0.15) is 0 Å². The molecule has 0 aromatic heterocycles. The molecular weight excluding hydrogens is 172 g/mol. The quantitative estimate of drug-likeness (QED) is 0.495. The lowest BCUT2D eigenvalue weighted by molar-refractivity contribution is -0.111. The van der Waals surface area contributed by atoms with Crippen LogP contribution in [0.2, 0.25) is 0 Å². The van der Waals surface area contributed by atoms with E-state index in [4.69, 9.17) is 0 Å². The SMILES string of the molecule is CC/C=C(\C#CC(C)=O)C(C)(C)CC. The highest BCUT2D eigenvalue weighted by Gasteiger charge is 2.18. The molecular formula is C13H20O. The number of rotatable bonds is 3. The number of hydrogen-bond donors (Lipinski definition) is 0. The van der Waals surface area contributed by atoms with Gasteiger partial charge in [-0.1, -0.05) is 39.7 Å². The maximum absolute atomic E-state index is 10.8. The van der Waals surface area contributed by atoms with E-state index in [1.54, 1.807) is 0 Å². The Bertz CT molecular complexity index is 284. The van der Waals surface area contributed by atoms with Gasteiger partial charge in [-0.25, -0.2) is 0 Å². The summed E-state index contributed by atoms with van der Waals surface area (Å²) >= 11 is 0. The van der Waals surface area contributed by atoms with Gasteiger partial charge in [0.1, 0.15) is 0 Å². The molecule has 0 aliphatic rings. The summed E-state index contributed by atoms with van der Waals surface area (Å²) in [4.78, 5) is 10.8. The first-order valence-corrected chi connectivity index (χ1v) is 5.17. The van der Waals surface area contributed by atoms with E-state index >= 15 is 0 Å². The summed E-state index contributed by atoms with van der Waals surface area (Å²) in [5.74, 6) is 5.52. The van der Waals surface area contributed by atoms with Crippen LogP contribution in [0.15, 0.2) is 11.6 Å². The van der Waals surface area contributed by atoms with Crippen molar-refractivity contribution in [2.75, 3.05) is 0 Å². The van der Waals surface area contributed by atoms with Crippen LogP contribution >= 0.6 is 0 Å². The second-order valence-electron chi connectivity index (χ2n) is 4.07. The van der Waals surface area contributed by atoms with E-state index in [9.17, 15) is 4.79 Å². The zero-order valence-electron chi connectivity index (χ0n) is 9.90. The summed E-state index contributed by atoms with van der Waals surface area (Å²) in [7, 11) is 0. The van der Waals surface area contributed by atoms with Gasteiger partial charge in [0.05, 0.1) is 0 Å². The van der Waals surface area contributed by atoms with Crippen LogP contribution < -0.4 is 0 Å². The monoisotopic (exact) mass is 192 g/mol. The third kappa shape index (κ3) is 4.28. The number of carbonyl (C=O) groups excluding carboxylic acids is 1. The Morgan fingerprint density at radius 1 is 1.29 bits per heavy atom. The Kier molecular flexibility index (Phi) is 5.23. The normalized spacial score (nSPS) is 11.9. The molecule has 0 saturated carbocycles. The lowest BCUT2D eigenvalue weighted by Crippen LogP contribution is -2.12. The van der Waals surface area contributed by atoms with E-state index in [1.165, 1.54) is 6.92 Å². The van der Waals surface area contributed by atoms with Crippen LogP contribution in [0.5, 0.6) is 0 Å². The molecule has 1 heteroatoms. The average Bonchev–Trinajstić information content (AvgIpc) is 2.11. The Labute approximate surface area is 87.6 Å². The fraction of sp³-hybridized carbons (Fsp3) is 0.615. The highest BCUT2D eigenvalue weighted by atomic mass is 16.1. The second kappa shape index (κ2) is 5.65. The summed E-state index contributed by atoms with van der Waals surface area (Å²) in [6.07, 6.45) is 4.11. The van der Waals surface area contributed by atoms with Crippen molar-refractivity contribution in [1.29, 1.82) is 0 Å². The molecule has 0 aliphatic carbocycles. The van der Waals surface area contributed by atoms with E-state index in [-0.39, 0.29) is 11.2 Å². The molecule has 0 rings (SSSR count). The Balaban J connectivity index is 4.92. The summed E-state index contributed by atoms with van der Waals surface area (Å²) in [5, 5.41) is 0. The van der Waals surface area contributed by atoms with Crippen molar-refractivity contribution >= 4 is 5.78 Å². The van der Waals surface area contributed by atoms with Crippen molar-refractivity contribution in [2.45, 2.75) is 47.5 Å². The average molecular weight is 192 g/mol. The van der Waals surface area contributed by atoms with Gasteiger partial charge in [-0.15, -0.1) is 0 Å². The molecule has 0 radical (unpaired) electrons. The summed E-state index contributed by atoms with van der Waals surface area (Å²) < 4.78 is 0. The van der Waals surface area contributed by atoms with Crippen LogP contribution in [-0.4, -0.2) is 5.78 Å². The van der Waals surface area contributed by atoms with Gasteiger partial charge < -0.3 is 0 Å². The van der Waals surface area contributed by atoms with Crippen LogP contribution in [0.4, 0.5) is 0 Å². The van der Waals surface area contributed by atoms with Crippen molar-refractivity contribution in [3.63, 3.8) is 0 Å². The van der Waals surface area contributed by atoms with Gasteiger partial charge in [0.15, 0.2) is 0 Å². The van der Waals surface area contributed by atoms with Gasteiger partial charge >= 0.3 is 0 Å². The molecule has 0 aromatic rings. The zero-order chi connectivity index (χ0) is 11.2. The van der Waals surface area contributed by atoms with E-state index in [2.05, 4.69) is 45.6 Å². The van der Waals surface area contributed by atoms with Crippen molar-refractivity contribution < 1.29 is 4.79 Å². The summed E-state index contributed by atoms with van der Waals surface area (Å²) in [5.41, 5.74) is 1.16. The van der Waals surface area contributed by atoms with Gasteiger partial charge in [0.25, 0.3) is 0 Å². The lowest BCUT2D eigenvalue weighted by atomic mass is 9.81. The number of carbonyl (C=O) groups is 1. The fourth-order valence-corrected chi connectivity index (χ4v) is 1.05. The predicted octanol–water partition coefficient (Wildman–Crippen LogP) is 3.35. The van der Waals surface area contributed by atoms with Gasteiger partial charge in [-0.05, 0) is 24.2 Å². The highest BCUT2D eigenvalue weighted by Crippen LogP contribution is 2.29. The molecule has 0 fully saturated rings. The molecule has 0 N–H and O–H groups in total. The van der Waals surface area contributed by atoms with E-state index in [0.717, 1.165) is 18.4 Å². The standard InChI is InChI=1S/C13H20O/c1-6-8-12(10-9-11(3)14)13(4,5)7-2/h8H,6-7H2,1-5H3/b12-8+. The minimum atomic E-state index is -0.0705. The summed E-state index contributed by atoms with van der Waals surface area (Å²) in [6.45, 7) is 10.0. The molecule has 0 atom stereocenters. The number of Topliss-reactive ketones (excluding diaryl/α,β-unsaturated/α-hetero) is 1. The van der Waals surface area contributed by atoms with Gasteiger partial charge in [-0.3, -0.25) is 4.79 Å². The maximum atomic E-state index is 10.8. The molecule has 1 nitrogen and oxygen atoms in total. The number of allylic oxidation sites excluding steroid dienone is 2. The predicted molar refractivity (Wildman–Crippen MR) is 60.9 cm³/mol. The molecule has 0 unspecified atom stereocenters. The molecule has 0 heterocycles. The number of hydrogen-bond acceptors (Lipinski definition) is 1. The van der Waals surface area contributed by atoms with Crippen molar-refractivity contribution in [1.82, 2.24) is 0 Å². The first kappa shape index (κ1) is 13.0. The highest BCUT2D eigenvalue weighted by molar-refractivity contribution is 5.93. The van der Waals surface area contributed by atoms with E-state index in [1.807, 2.05) is 0 Å². The van der Waals surface area contributed by atoms with Crippen LogP contribution in [-0.2, 0) is 4.79 Å². The second-order valence-corrected chi connectivity index (χ2v) is 4.07. The van der Waals surface area contributed by atoms with Gasteiger partial charge in [0, 0.05) is 12.5 Å². The molecule has 0 saturated heterocycles. The number of ketones is 1. The Morgan fingerprint density at radius 2 is 1.86 bits per heavy atom. The van der Waals surface area contributed by atoms with E-state index < -0.39 is 0 Å². The van der Waals surface area contributed by atoms with E-state index in [0.29, 0.717) is 0 Å². The van der Waals surface area contributed by atoms with Crippen LogP contribution in [0.25, 0.3) is 0 Å². The third-order valence-corrected chi connectivity index (χ3v) is 2.39. The Morgan fingerprint density at radius 3 is 2.21 bits per heavy atom. The minimum absolute atomic E-state index is 0.0705. The largest absolute Gasteiger partial charge is 0.285 e. The fourth-order valence-electron chi connectivity index (χ4n) is 1.05. The summed E-state index contributed by atoms with van der Waals surface area (Å²) in [6, 6.07) is 0. The topological polar surface area (TPSA) is 17.1 Å². The molecule has 78 valence electrons. The third-order valence-electron chi connectivity index (χ3n) is 2.39. The molecule has 0 spiro atoms. The molecule has 14 heavy (non-hydrogen) atoms. The molecule has 0 aromatic carbocycles. The Hall–Kier alpha value is -1.03. The first-order valence-electron chi connectivity index (χ1n) is 5.17. The van der Waals surface area contributed by atoms with Crippen LogP contribution in [0.1, 0.15) is 47.5 Å². The molecule has 0 bridgehead atoms. The lowest BCUT2D eigenvalue weighted by Gasteiger charge is -2.22. The molecule has 0 aliphatic heterocycles. The van der Waals surface area contributed by atoms with Gasteiger partial charge in [0.2, 0.25) is 5.78 Å². The zero-order valence-corrected chi connectivity index (χ0v) is 9.90. The minimum Gasteiger partial charge on any atom is -0.285 e. The van der Waals surface area contributed by atoms with Crippen molar-refractivity contribution in [3.05, 3.63) is 11.6 Å². The van der Waals surface area contributed by atoms with Crippen LogP contribution in [0, 0.1) is 17.3 Å². The van der Waals surface area contributed by atoms with Crippen molar-refractivity contribution in [3.8, 4) is 11.8 Å².